The smallest absolute Gasteiger partial charge is 0.203 e. The molecular weight excluding hydrogens is 282 g/mol. The molecule has 0 bridgehead atoms. The molecule has 0 saturated heterocycles. The third-order valence-corrected chi connectivity index (χ3v) is 3.52. The highest BCUT2D eigenvalue weighted by atomic mass is 16.5. The Morgan fingerprint density at radius 1 is 1.05 bits per heavy atom. The van der Waals surface area contributed by atoms with Gasteiger partial charge in [-0.1, -0.05) is 0 Å². The maximum atomic E-state index is 5.63. The molecule has 1 N–H and O–H groups in total. The van der Waals surface area contributed by atoms with E-state index in [1.807, 2.05) is 31.2 Å². The second-order valence-electron chi connectivity index (χ2n) is 5.08. The molecule has 0 radical (unpaired) electrons. The summed E-state index contributed by atoms with van der Waals surface area (Å²) < 4.78 is 21.7. The molecule has 0 aliphatic carbocycles. The van der Waals surface area contributed by atoms with Gasteiger partial charge in [0, 0.05) is 6.54 Å². The minimum atomic E-state index is 0.118. The molecule has 2 rings (SSSR count). The first-order valence-corrected chi connectivity index (χ1v) is 7.17. The standard InChI is InChI=1S/C17H23NO4/c1-11-6-7-14(22-11)12(2)18-10-13-8-15(19-3)17(21-5)16(9-13)20-4/h6-9,12,18H,10H2,1-5H3. The van der Waals surface area contributed by atoms with Gasteiger partial charge in [-0.25, -0.2) is 0 Å². The molecule has 0 aliphatic heterocycles. The summed E-state index contributed by atoms with van der Waals surface area (Å²) in [7, 11) is 4.82. The molecule has 1 unspecified atom stereocenters. The predicted molar refractivity (Wildman–Crippen MR) is 84.8 cm³/mol. The number of furan rings is 1. The van der Waals surface area contributed by atoms with E-state index in [1.165, 1.54) is 0 Å². The number of rotatable bonds is 7. The molecule has 22 heavy (non-hydrogen) atoms. The Morgan fingerprint density at radius 3 is 2.14 bits per heavy atom. The van der Waals surface area contributed by atoms with E-state index in [4.69, 9.17) is 18.6 Å². The van der Waals surface area contributed by atoms with Gasteiger partial charge in [0.05, 0.1) is 27.4 Å². The fourth-order valence-electron chi connectivity index (χ4n) is 2.30. The number of benzene rings is 1. The average Bonchev–Trinajstić information content (AvgIpc) is 2.97. The zero-order valence-electron chi connectivity index (χ0n) is 13.7. The molecule has 5 nitrogen and oxygen atoms in total. The average molecular weight is 305 g/mol. The minimum absolute atomic E-state index is 0.118. The van der Waals surface area contributed by atoms with Crippen molar-refractivity contribution >= 4 is 0 Å². The molecule has 0 aliphatic rings. The first-order chi connectivity index (χ1) is 10.6. The highest BCUT2D eigenvalue weighted by Crippen LogP contribution is 2.38. The van der Waals surface area contributed by atoms with Gasteiger partial charge in [0.15, 0.2) is 11.5 Å². The zero-order chi connectivity index (χ0) is 16.1. The van der Waals surface area contributed by atoms with Crippen LogP contribution >= 0.6 is 0 Å². The lowest BCUT2D eigenvalue weighted by Crippen LogP contribution is -2.17. The summed E-state index contributed by atoms with van der Waals surface area (Å²) >= 11 is 0. The molecule has 0 spiro atoms. The van der Waals surface area contributed by atoms with Crippen molar-refractivity contribution in [3.63, 3.8) is 0 Å². The Morgan fingerprint density at radius 2 is 1.68 bits per heavy atom. The third-order valence-electron chi connectivity index (χ3n) is 3.52. The zero-order valence-corrected chi connectivity index (χ0v) is 13.7. The van der Waals surface area contributed by atoms with E-state index < -0.39 is 0 Å². The fraction of sp³-hybridized carbons (Fsp3) is 0.412. The van der Waals surface area contributed by atoms with Gasteiger partial charge in [0.25, 0.3) is 0 Å². The van der Waals surface area contributed by atoms with Gasteiger partial charge in [-0.05, 0) is 43.7 Å². The van der Waals surface area contributed by atoms with Gasteiger partial charge in [0.2, 0.25) is 5.75 Å². The molecule has 2 aromatic rings. The summed E-state index contributed by atoms with van der Waals surface area (Å²) in [4.78, 5) is 0. The van der Waals surface area contributed by atoms with Gasteiger partial charge in [-0.15, -0.1) is 0 Å². The molecule has 0 amide bonds. The SMILES string of the molecule is COc1cc(CNC(C)c2ccc(C)o2)cc(OC)c1OC. The van der Waals surface area contributed by atoms with Gasteiger partial charge < -0.3 is 23.9 Å². The van der Waals surface area contributed by atoms with E-state index in [2.05, 4.69) is 12.2 Å². The van der Waals surface area contributed by atoms with Crippen LogP contribution in [-0.4, -0.2) is 21.3 Å². The van der Waals surface area contributed by atoms with Crippen molar-refractivity contribution in [1.29, 1.82) is 0 Å². The molecule has 1 aromatic heterocycles. The summed E-state index contributed by atoms with van der Waals surface area (Å²) in [6.45, 7) is 4.67. The predicted octanol–water partition coefficient (Wildman–Crippen LogP) is 3.46. The largest absolute Gasteiger partial charge is 0.493 e. The number of hydrogen-bond acceptors (Lipinski definition) is 5. The lowest BCUT2D eigenvalue weighted by atomic mass is 10.1. The van der Waals surface area contributed by atoms with E-state index in [9.17, 15) is 0 Å². The summed E-state index contributed by atoms with van der Waals surface area (Å²) in [6, 6.07) is 7.95. The van der Waals surface area contributed by atoms with E-state index in [0.717, 1.165) is 17.1 Å². The monoisotopic (exact) mass is 305 g/mol. The highest BCUT2D eigenvalue weighted by molar-refractivity contribution is 5.53. The quantitative estimate of drug-likeness (QED) is 0.849. The van der Waals surface area contributed by atoms with Gasteiger partial charge >= 0.3 is 0 Å². The van der Waals surface area contributed by atoms with E-state index in [1.54, 1.807) is 21.3 Å². The van der Waals surface area contributed by atoms with E-state index >= 15 is 0 Å². The Kier molecular flexibility index (Phi) is 5.33. The Labute approximate surface area is 131 Å². The minimum Gasteiger partial charge on any atom is -0.493 e. The maximum absolute atomic E-state index is 5.63. The van der Waals surface area contributed by atoms with Crippen LogP contribution in [0.3, 0.4) is 0 Å². The highest BCUT2D eigenvalue weighted by Gasteiger charge is 2.14. The lowest BCUT2D eigenvalue weighted by Gasteiger charge is -2.16. The van der Waals surface area contributed by atoms with Crippen molar-refractivity contribution in [1.82, 2.24) is 5.32 Å². The molecule has 1 aromatic carbocycles. The van der Waals surface area contributed by atoms with Crippen LogP contribution in [0.15, 0.2) is 28.7 Å². The topological polar surface area (TPSA) is 52.9 Å². The number of aryl methyl sites for hydroxylation is 1. The van der Waals surface area contributed by atoms with Crippen molar-refractivity contribution in [3.8, 4) is 17.2 Å². The van der Waals surface area contributed by atoms with Crippen LogP contribution in [0.1, 0.15) is 30.0 Å². The number of methoxy groups -OCH3 is 3. The molecule has 0 saturated carbocycles. The molecule has 5 heteroatoms. The number of ether oxygens (including phenoxy) is 3. The Bertz CT molecular complexity index is 596. The Hall–Kier alpha value is -2.14. The maximum Gasteiger partial charge on any atom is 0.203 e. The van der Waals surface area contributed by atoms with E-state index in [-0.39, 0.29) is 6.04 Å². The normalized spacial score (nSPS) is 12.0. The van der Waals surface area contributed by atoms with Gasteiger partial charge in [0.1, 0.15) is 11.5 Å². The van der Waals surface area contributed by atoms with Crippen molar-refractivity contribution in [2.45, 2.75) is 26.4 Å². The first-order valence-electron chi connectivity index (χ1n) is 7.17. The van der Waals surface area contributed by atoms with Gasteiger partial charge in [-0.2, -0.15) is 0 Å². The third kappa shape index (κ3) is 3.54. The number of nitrogens with one attached hydrogen (secondary N) is 1. The second-order valence-corrected chi connectivity index (χ2v) is 5.08. The van der Waals surface area contributed by atoms with Crippen LogP contribution < -0.4 is 19.5 Å². The molecule has 0 fully saturated rings. The lowest BCUT2D eigenvalue weighted by molar-refractivity contribution is 0.323. The molecule has 1 heterocycles. The van der Waals surface area contributed by atoms with Crippen LogP contribution in [0.4, 0.5) is 0 Å². The second kappa shape index (κ2) is 7.22. The van der Waals surface area contributed by atoms with Crippen molar-refractivity contribution in [2.24, 2.45) is 0 Å². The Balaban J connectivity index is 2.12. The summed E-state index contributed by atoms with van der Waals surface area (Å²) in [5.74, 6) is 3.74. The van der Waals surface area contributed by atoms with Crippen molar-refractivity contribution < 1.29 is 18.6 Å². The van der Waals surface area contributed by atoms with Crippen molar-refractivity contribution in [3.05, 3.63) is 41.3 Å². The molecular formula is C17H23NO4. The van der Waals surface area contributed by atoms with Crippen LogP contribution in [-0.2, 0) is 6.54 Å². The van der Waals surface area contributed by atoms with Crippen LogP contribution in [0.5, 0.6) is 17.2 Å². The van der Waals surface area contributed by atoms with Crippen LogP contribution in [0.25, 0.3) is 0 Å². The fourth-order valence-corrected chi connectivity index (χ4v) is 2.30. The summed E-state index contributed by atoms with van der Waals surface area (Å²) in [6.07, 6.45) is 0. The molecule has 120 valence electrons. The summed E-state index contributed by atoms with van der Waals surface area (Å²) in [5.41, 5.74) is 1.05. The van der Waals surface area contributed by atoms with Crippen LogP contribution in [0.2, 0.25) is 0 Å². The number of hydrogen-bond donors (Lipinski definition) is 1. The van der Waals surface area contributed by atoms with E-state index in [0.29, 0.717) is 23.8 Å². The first kappa shape index (κ1) is 16.2. The van der Waals surface area contributed by atoms with Gasteiger partial charge in [-0.3, -0.25) is 0 Å². The molecule has 1 atom stereocenters. The van der Waals surface area contributed by atoms with Crippen molar-refractivity contribution in [2.75, 3.05) is 21.3 Å². The van der Waals surface area contributed by atoms with Crippen LogP contribution in [0, 0.1) is 6.92 Å². The summed E-state index contributed by atoms with van der Waals surface area (Å²) in [5, 5.41) is 3.42.